The van der Waals surface area contributed by atoms with Gasteiger partial charge in [0.2, 0.25) is 11.8 Å². The second-order valence-corrected chi connectivity index (χ2v) is 6.47. The number of carbonyl (C=O) groups is 4. The van der Waals surface area contributed by atoms with Crippen LogP contribution in [0.3, 0.4) is 0 Å². The van der Waals surface area contributed by atoms with E-state index in [1.54, 1.807) is 17.0 Å². The minimum Gasteiger partial charge on any atom is -0.465 e. The Morgan fingerprint density at radius 3 is 2.34 bits per heavy atom. The zero-order valence-electron chi connectivity index (χ0n) is 16.0. The van der Waals surface area contributed by atoms with Crippen LogP contribution in [0.2, 0.25) is 0 Å². The number of methoxy groups -OCH3 is 2. The number of hydrogen-bond donors (Lipinski definition) is 1. The minimum absolute atomic E-state index is 0.0466. The summed E-state index contributed by atoms with van der Waals surface area (Å²) in [5, 5.41) is 2.65. The molecule has 1 unspecified atom stereocenters. The van der Waals surface area contributed by atoms with Crippen molar-refractivity contribution in [3.63, 3.8) is 0 Å². The van der Waals surface area contributed by atoms with Gasteiger partial charge in [0.05, 0.1) is 37.0 Å². The van der Waals surface area contributed by atoms with Gasteiger partial charge in [0.1, 0.15) is 0 Å². The number of anilines is 2. The summed E-state index contributed by atoms with van der Waals surface area (Å²) in [6.07, 6.45) is 0.0466. The highest BCUT2D eigenvalue weighted by atomic mass is 16.5. The van der Waals surface area contributed by atoms with Crippen molar-refractivity contribution in [2.24, 2.45) is 5.92 Å². The molecule has 3 rings (SSSR count). The van der Waals surface area contributed by atoms with E-state index in [1.165, 1.54) is 32.4 Å². The molecule has 8 nitrogen and oxygen atoms in total. The second-order valence-electron chi connectivity index (χ2n) is 6.47. The van der Waals surface area contributed by atoms with Gasteiger partial charge in [-0.05, 0) is 30.3 Å². The summed E-state index contributed by atoms with van der Waals surface area (Å²) in [5.74, 6) is -2.46. The Balaban J connectivity index is 1.82. The van der Waals surface area contributed by atoms with Gasteiger partial charge in [0.15, 0.2) is 0 Å². The average Bonchev–Trinajstić information content (AvgIpc) is 3.15. The predicted molar refractivity (Wildman–Crippen MR) is 105 cm³/mol. The van der Waals surface area contributed by atoms with Crippen LogP contribution in [0, 0.1) is 5.92 Å². The molecule has 0 aliphatic carbocycles. The summed E-state index contributed by atoms with van der Waals surface area (Å²) in [5.41, 5.74) is 1.10. The highest BCUT2D eigenvalue weighted by Gasteiger charge is 2.35. The van der Waals surface area contributed by atoms with E-state index in [2.05, 4.69) is 10.1 Å². The topological polar surface area (TPSA) is 102 Å². The third-order valence-corrected chi connectivity index (χ3v) is 4.67. The molecule has 1 aliphatic heterocycles. The van der Waals surface area contributed by atoms with Crippen LogP contribution in [-0.4, -0.2) is 44.5 Å². The molecule has 0 radical (unpaired) electrons. The smallest absolute Gasteiger partial charge is 0.339 e. The number of hydrogen-bond acceptors (Lipinski definition) is 6. The Hall–Kier alpha value is -3.68. The van der Waals surface area contributed by atoms with Gasteiger partial charge < -0.3 is 19.7 Å². The molecular formula is C21H20N2O6. The molecular weight excluding hydrogens is 376 g/mol. The molecule has 1 atom stereocenters. The number of esters is 2. The first kappa shape index (κ1) is 20.1. The molecule has 2 amide bonds. The van der Waals surface area contributed by atoms with Crippen molar-refractivity contribution in [2.45, 2.75) is 6.42 Å². The molecule has 8 heteroatoms. The van der Waals surface area contributed by atoms with E-state index in [0.29, 0.717) is 0 Å². The summed E-state index contributed by atoms with van der Waals surface area (Å²) in [4.78, 5) is 50.5. The fraction of sp³-hybridized carbons (Fsp3) is 0.238. The molecule has 2 aromatic carbocycles. The number of amides is 2. The van der Waals surface area contributed by atoms with Crippen molar-refractivity contribution < 1.29 is 28.7 Å². The molecule has 1 aliphatic rings. The summed E-state index contributed by atoms with van der Waals surface area (Å²) < 4.78 is 9.41. The van der Waals surface area contributed by atoms with Crippen molar-refractivity contribution in [1.29, 1.82) is 0 Å². The molecule has 1 saturated heterocycles. The van der Waals surface area contributed by atoms with Gasteiger partial charge >= 0.3 is 11.9 Å². The van der Waals surface area contributed by atoms with E-state index in [4.69, 9.17) is 4.74 Å². The Morgan fingerprint density at radius 2 is 1.69 bits per heavy atom. The lowest BCUT2D eigenvalue weighted by Crippen LogP contribution is -2.28. The number of para-hydroxylation sites is 1. The third kappa shape index (κ3) is 4.26. The van der Waals surface area contributed by atoms with Gasteiger partial charge in [-0.1, -0.05) is 18.2 Å². The van der Waals surface area contributed by atoms with Gasteiger partial charge in [0.25, 0.3) is 0 Å². The van der Waals surface area contributed by atoms with E-state index in [-0.39, 0.29) is 35.7 Å². The predicted octanol–water partition coefficient (Wildman–Crippen LogP) is 2.25. The highest BCUT2D eigenvalue weighted by Crippen LogP contribution is 2.27. The molecule has 29 heavy (non-hydrogen) atoms. The minimum atomic E-state index is -0.662. The summed E-state index contributed by atoms with van der Waals surface area (Å²) in [7, 11) is 2.45. The van der Waals surface area contributed by atoms with Crippen molar-refractivity contribution in [3.05, 3.63) is 59.7 Å². The van der Waals surface area contributed by atoms with Crippen LogP contribution < -0.4 is 10.2 Å². The molecule has 0 aromatic heterocycles. The number of carbonyl (C=O) groups excluding carboxylic acids is 4. The first-order chi connectivity index (χ1) is 13.9. The first-order valence-corrected chi connectivity index (χ1v) is 8.91. The van der Waals surface area contributed by atoms with Crippen LogP contribution in [0.15, 0.2) is 48.5 Å². The fourth-order valence-corrected chi connectivity index (χ4v) is 3.16. The van der Waals surface area contributed by atoms with E-state index >= 15 is 0 Å². The van der Waals surface area contributed by atoms with Gasteiger partial charge in [-0.25, -0.2) is 9.59 Å². The van der Waals surface area contributed by atoms with Crippen LogP contribution in [0.5, 0.6) is 0 Å². The number of nitrogens with one attached hydrogen (secondary N) is 1. The third-order valence-electron chi connectivity index (χ3n) is 4.67. The number of benzene rings is 2. The molecule has 0 saturated carbocycles. The second kappa shape index (κ2) is 8.55. The van der Waals surface area contributed by atoms with Crippen molar-refractivity contribution >= 4 is 35.1 Å². The fourth-order valence-electron chi connectivity index (χ4n) is 3.16. The van der Waals surface area contributed by atoms with Gasteiger partial charge in [-0.3, -0.25) is 9.59 Å². The Morgan fingerprint density at radius 1 is 1.00 bits per heavy atom. The molecule has 1 fully saturated rings. The SMILES string of the molecule is COC(=O)c1ccc(C(=O)OC)c(NC(=O)C2CC(=O)N(c3ccccc3)C2)c1. The molecule has 0 bridgehead atoms. The van der Waals surface area contributed by atoms with E-state index in [1.807, 2.05) is 18.2 Å². The molecule has 150 valence electrons. The molecule has 1 heterocycles. The standard InChI is InChI=1S/C21H20N2O6/c1-28-20(26)13-8-9-16(21(27)29-2)17(10-13)22-19(25)14-11-18(24)23(12-14)15-6-4-3-5-7-15/h3-10,14H,11-12H2,1-2H3,(H,22,25). The Labute approximate surface area is 167 Å². The van der Waals surface area contributed by atoms with Crippen molar-refractivity contribution in [1.82, 2.24) is 0 Å². The number of rotatable bonds is 5. The maximum Gasteiger partial charge on any atom is 0.339 e. The maximum atomic E-state index is 12.8. The van der Waals surface area contributed by atoms with E-state index in [0.717, 1.165) is 5.69 Å². The quantitative estimate of drug-likeness (QED) is 0.778. The lowest BCUT2D eigenvalue weighted by Gasteiger charge is -2.17. The van der Waals surface area contributed by atoms with E-state index < -0.39 is 23.8 Å². The Bertz CT molecular complexity index is 957. The number of ether oxygens (including phenoxy) is 2. The molecule has 0 spiro atoms. The normalized spacial score (nSPS) is 15.7. The first-order valence-electron chi connectivity index (χ1n) is 8.91. The van der Waals surface area contributed by atoms with Crippen LogP contribution in [0.1, 0.15) is 27.1 Å². The van der Waals surface area contributed by atoms with Crippen LogP contribution in [0.25, 0.3) is 0 Å². The summed E-state index contributed by atoms with van der Waals surface area (Å²) in [6, 6.07) is 13.2. The monoisotopic (exact) mass is 396 g/mol. The van der Waals surface area contributed by atoms with E-state index in [9.17, 15) is 19.2 Å². The van der Waals surface area contributed by atoms with Crippen molar-refractivity contribution in [2.75, 3.05) is 31.0 Å². The van der Waals surface area contributed by atoms with Gasteiger partial charge in [-0.2, -0.15) is 0 Å². The average molecular weight is 396 g/mol. The van der Waals surface area contributed by atoms with Crippen LogP contribution >= 0.6 is 0 Å². The van der Waals surface area contributed by atoms with Crippen LogP contribution in [-0.2, 0) is 19.1 Å². The van der Waals surface area contributed by atoms with Crippen LogP contribution in [0.4, 0.5) is 11.4 Å². The number of nitrogens with zero attached hydrogens (tertiary/aromatic N) is 1. The lowest BCUT2D eigenvalue weighted by molar-refractivity contribution is -0.122. The highest BCUT2D eigenvalue weighted by molar-refractivity contribution is 6.07. The van der Waals surface area contributed by atoms with Gasteiger partial charge in [-0.15, -0.1) is 0 Å². The maximum absolute atomic E-state index is 12.8. The zero-order chi connectivity index (χ0) is 21.0. The summed E-state index contributed by atoms with van der Waals surface area (Å²) in [6.45, 7) is 0.221. The molecule has 2 aromatic rings. The zero-order valence-corrected chi connectivity index (χ0v) is 16.0. The molecule has 1 N–H and O–H groups in total. The largest absolute Gasteiger partial charge is 0.465 e. The Kier molecular flexibility index (Phi) is 5.92. The van der Waals surface area contributed by atoms with Crippen molar-refractivity contribution in [3.8, 4) is 0 Å². The lowest BCUT2D eigenvalue weighted by atomic mass is 10.1. The van der Waals surface area contributed by atoms with Gasteiger partial charge in [0, 0.05) is 18.7 Å². The summed E-state index contributed by atoms with van der Waals surface area (Å²) >= 11 is 0.